The summed E-state index contributed by atoms with van der Waals surface area (Å²) in [5.74, 6) is -0.611. The Kier molecular flexibility index (Phi) is 5.07. The summed E-state index contributed by atoms with van der Waals surface area (Å²) in [7, 11) is 0. The molecule has 32 heavy (non-hydrogen) atoms. The van der Waals surface area contributed by atoms with E-state index in [0.717, 1.165) is 16.5 Å². The summed E-state index contributed by atoms with van der Waals surface area (Å²) >= 11 is 6.30. The van der Waals surface area contributed by atoms with Gasteiger partial charge in [-0.15, -0.1) is 0 Å². The van der Waals surface area contributed by atoms with Crippen molar-refractivity contribution in [1.29, 1.82) is 0 Å². The molecule has 0 radical (unpaired) electrons. The predicted molar refractivity (Wildman–Crippen MR) is 124 cm³/mol. The molecule has 0 spiro atoms. The molecular formula is C24H21ClN4O3. The first-order valence-corrected chi connectivity index (χ1v) is 10.7. The lowest BCUT2D eigenvalue weighted by Gasteiger charge is -2.26. The van der Waals surface area contributed by atoms with Gasteiger partial charge >= 0.3 is 0 Å². The maximum absolute atomic E-state index is 12.9. The Balaban J connectivity index is 1.65. The van der Waals surface area contributed by atoms with Crippen molar-refractivity contribution in [1.82, 2.24) is 14.9 Å². The van der Waals surface area contributed by atoms with Crippen LogP contribution in [0.1, 0.15) is 26.3 Å². The number of hydrogen-bond donors (Lipinski definition) is 2. The Morgan fingerprint density at radius 1 is 1.12 bits per heavy atom. The first-order valence-electron chi connectivity index (χ1n) is 10.3. The molecule has 162 valence electrons. The van der Waals surface area contributed by atoms with E-state index in [1.54, 1.807) is 23.1 Å². The molecule has 1 aliphatic rings. The summed E-state index contributed by atoms with van der Waals surface area (Å²) in [5, 5.41) is 1.43. The molecule has 1 saturated heterocycles. The number of pyridine rings is 1. The van der Waals surface area contributed by atoms with Crippen LogP contribution in [0.15, 0.2) is 42.5 Å². The molecule has 0 bridgehead atoms. The predicted octanol–water partition coefficient (Wildman–Crippen LogP) is 3.92. The number of hydrogen-bond acceptors (Lipinski definition) is 4. The van der Waals surface area contributed by atoms with Crippen molar-refractivity contribution >= 4 is 45.4 Å². The number of carbonyl (C=O) groups excluding carboxylic acids is 2. The summed E-state index contributed by atoms with van der Waals surface area (Å²) in [6.07, 6.45) is 0. The number of fused-ring (bicyclic) bond motifs is 3. The van der Waals surface area contributed by atoms with Gasteiger partial charge in [-0.1, -0.05) is 23.7 Å². The molecule has 2 aromatic carbocycles. The third-order valence-electron chi connectivity index (χ3n) is 5.83. The Morgan fingerprint density at radius 3 is 2.62 bits per heavy atom. The molecule has 0 aliphatic carbocycles. The third kappa shape index (κ3) is 3.49. The lowest BCUT2D eigenvalue weighted by molar-refractivity contribution is 0.0303. The van der Waals surface area contributed by atoms with Crippen molar-refractivity contribution in [3.05, 3.63) is 64.2 Å². The van der Waals surface area contributed by atoms with Crippen molar-refractivity contribution < 1.29 is 14.3 Å². The van der Waals surface area contributed by atoms with E-state index >= 15 is 0 Å². The van der Waals surface area contributed by atoms with Crippen LogP contribution in [-0.2, 0) is 4.74 Å². The van der Waals surface area contributed by atoms with E-state index in [2.05, 4.69) is 4.98 Å². The number of aromatic amines is 1. The number of halogens is 1. The van der Waals surface area contributed by atoms with Crippen molar-refractivity contribution in [2.45, 2.75) is 6.92 Å². The Labute approximate surface area is 189 Å². The van der Waals surface area contributed by atoms with Crippen LogP contribution in [0.4, 0.5) is 0 Å². The number of ether oxygens (including phenoxy) is 1. The minimum atomic E-state index is -0.562. The van der Waals surface area contributed by atoms with Crippen LogP contribution < -0.4 is 5.73 Å². The number of rotatable bonds is 3. The van der Waals surface area contributed by atoms with E-state index in [-0.39, 0.29) is 5.91 Å². The highest BCUT2D eigenvalue weighted by atomic mass is 35.5. The van der Waals surface area contributed by atoms with Gasteiger partial charge in [-0.3, -0.25) is 9.59 Å². The molecule has 0 unspecified atom stereocenters. The topological polar surface area (TPSA) is 101 Å². The standard InChI is InChI=1S/C24H21ClN4O3/c1-13-2-3-14(10-18(13)25)19-12-17(23(26)30)22-21(27-19)16-5-4-15(11-20(16)28-22)24(31)29-6-8-32-9-7-29/h2-5,10-12,28H,6-9H2,1H3,(H2,26,30). The summed E-state index contributed by atoms with van der Waals surface area (Å²) in [4.78, 5) is 35.0. The van der Waals surface area contributed by atoms with Gasteiger partial charge in [-0.25, -0.2) is 4.98 Å². The normalized spacial score (nSPS) is 14.2. The molecule has 4 aromatic rings. The second-order valence-corrected chi connectivity index (χ2v) is 8.30. The summed E-state index contributed by atoms with van der Waals surface area (Å²) < 4.78 is 5.33. The average Bonchev–Trinajstić information content (AvgIpc) is 3.18. The van der Waals surface area contributed by atoms with Gasteiger partial charge in [-0.05, 0) is 42.8 Å². The van der Waals surface area contributed by atoms with E-state index in [9.17, 15) is 9.59 Å². The van der Waals surface area contributed by atoms with Crippen molar-refractivity contribution in [2.75, 3.05) is 26.3 Å². The molecule has 1 fully saturated rings. The first-order chi connectivity index (χ1) is 15.4. The first kappa shape index (κ1) is 20.5. The number of nitrogens with two attached hydrogens (primary N) is 1. The SMILES string of the molecule is Cc1ccc(-c2cc(C(N)=O)c3[nH]c4cc(C(=O)N5CCOCC5)ccc4c3n2)cc1Cl. The van der Waals surface area contributed by atoms with Crippen molar-refractivity contribution in [2.24, 2.45) is 5.73 Å². The molecule has 0 atom stereocenters. The molecule has 0 saturated carbocycles. The van der Waals surface area contributed by atoms with Gasteiger partial charge in [0.1, 0.15) is 0 Å². The molecular weight excluding hydrogens is 428 g/mol. The van der Waals surface area contributed by atoms with E-state index in [4.69, 9.17) is 27.1 Å². The third-order valence-corrected chi connectivity index (χ3v) is 6.24. The van der Waals surface area contributed by atoms with Gasteiger partial charge in [0.25, 0.3) is 11.8 Å². The maximum Gasteiger partial charge on any atom is 0.254 e. The Bertz CT molecular complexity index is 1390. The highest BCUT2D eigenvalue weighted by Gasteiger charge is 2.21. The number of aryl methyl sites for hydroxylation is 1. The lowest BCUT2D eigenvalue weighted by atomic mass is 10.0. The largest absolute Gasteiger partial charge is 0.378 e. The number of primary amides is 1. The Morgan fingerprint density at radius 2 is 1.91 bits per heavy atom. The number of benzene rings is 2. The quantitative estimate of drug-likeness (QED) is 0.496. The van der Waals surface area contributed by atoms with Crippen LogP contribution in [-0.4, -0.2) is 53.0 Å². The average molecular weight is 449 g/mol. The van der Waals surface area contributed by atoms with E-state index in [1.807, 2.05) is 31.2 Å². The number of carbonyl (C=O) groups is 2. The van der Waals surface area contributed by atoms with Crippen LogP contribution in [0, 0.1) is 6.92 Å². The molecule has 8 heteroatoms. The van der Waals surface area contributed by atoms with Crippen LogP contribution in [0.3, 0.4) is 0 Å². The van der Waals surface area contributed by atoms with Gasteiger partial charge in [0.2, 0.25) is 0 Å². The zero-order valence-electron chi connectivity index (χ0n) is 17.4. The van der Waals surface area contributed by atoms with Gasteiger partial charge in [0.15, 0.2) is 0 Å². The smallest absolute Gasteiger partial charge is 0.254 e. The zero-order valence-corrected chi connectivity index (χ0v) is 18.2. The lowest BCUT2D eigenvalue weighted by Crippen LogP contribution is -2.40. The van der Waals surface area contributed by atoms with Gasteiger partial charge in [-0.2, -0.15) is 0 Å². The summed E-state index contributed by atoms with van der Waals surface area (Å²) in [6.45, 7) is 4.14. The monoisotopic (exact) mass is 448 g/mol. The number of H-pyrrole nitrogens is 1. The number of nitrogens with zero attached hydrogens (tertiary/aromatic N) is 2. The fourth-order valence-electron chi connectivity index (χ4n) is 4.03. The number of aromatic nitrogens is 2. The molecule has 3 N–H and O–H groups in total. The van der Waals surface area contributed by atoms with E-state index < -0.39 is 5.91 Å². The fraction of sp³-hybridized carbons (Fsp3) is 0.208. The second kappa shape index (κ2) is 7.93. The van der Waals surface area contributed by atoms with Crippen molar-refractivity contribution in [3.63, 3.8) is 0 Å². The molecule has 7 nitrogen and oxygen atoms in total. The number of amides is 2. The van der Waals surface area contributed by atoms with Gasteiger partial charge in [0.05, 0.1) is 35.5 Å². The molecule has 2 amide bonds. The highest BCUT2D eigenvalue weighted by molar-refractivity contribution is 6.31. The fourth-order valence-corrected chi connectivity index (χ4v) is 4.21. The number of morpholine rings is 1. The van der Waals surface area contributed by atoms with E-state index in [0.29, 0.717) is 64.7 Å². The van der Waals surface area contributed by atoms with Crippen LogP contribution >= 0.6 is 11.6 Å². The highest BCUT2D eigenvalue weighted by Crippen LogP contribution is 2.32. The van der Waals surface area contributed by atoms with Crippen LogP contribution in [0.25, 0.3) is 33.2 Å². The minimum Gasteiger partial charge on any atom is -0.378 e. The summed E-state index contributed by atoms with van der Waals surface area (Å²) in [6, 6.07) is 12.7. The van der Waals surface area contributed by atoms with Gasteiger partial charge in [0, 0.05) is 40.1 Å². The van der Waals surface area contributed by atoms with Crippen molar-refractivity contribution in [3.8, 4) is 11.3 Å². The molecule has 2 aromatic heterocycles. The Hall–Kier alpha value is -3.42. The zero-order chi connectivity index (χ0) is 22.4. The summed E-state index contributed by atoms with van der Waals surface area (Å²) in [5.41, 5.74) is 10.8. The molecule has 1 aliphatic heterocycles. The van der Waals surface area contributed by atoms with Crippen LogP contribution in [0.2, 0.25) is 5.02 Å². The second-order valence-electron chi connectivity index (χ2n) is 7.90. The maximum atomic E-state index is 12.9. The molecule has 3 heterocycles. The van der Waals surface area contributed by atoms with Crippen LogP contribution in [0.5, 0.6) is 0 Å². The molecule has 5 rings (SSSR count). The van der Waals surface area contributed by atoms with E-state index in [1.165, 1.54) is 0 Å². The van der Waals surface area contributed by atoms with Gasteiger partial charge < -0.3 is 20.4 Å². The minimum absolute atomic E-state index is 0.0491. The number of nitrogens with one attached hydrogen (secondary N) is 1.